The van der Waals surface area contributed by atoms with Gasteiger partial charge in [-0.25, -0.2) is 0 Å². The molecule has 2 aromatic carbocycles. The lowest BCUT2D eigenvalue weighted by Crippen LogP contribution is -1.97. The highest BCUT2D eigenvalue weighted by atomic mass is 79.9. The molecule has 0 radical (unpaired) electrons. The van der Waals surface area contributed by atoms with Gasteiger partial charge in [0.2, 0.25) is 0 Å². The van der Waals surface area contributed by atoms with E-state index >= 15 is 0 Å². The summed E-state index contributed by atoms with van der Waals surface area (Å²) in [6, 6.07) is 9.95. The van der Waals surface area contributed by atoms with Crippen LogP contribution in [0.1, 0.15) is 27.1 Å². The first-order valence-corrected chi connectivity index (χ1v) is 7.85. The van der Waals surface area contributed by atoms with E-state index in [2.05, 4.69) is 48.0 Å². The SMILES string of the molecule is COc1cc(Cl)c(C(Br)c2ccc(C)c(C)c2)cc1Cl. The average Bonchev–Trinajstić information content (AvgIpc) is 2.43. The summed E-state index contributed by atoms with van der Waals surface area (Å²) < 4.78 is 5.17. The van der Waals surface area contributed by atoms with Crippen molar-refractivity contribution in [3.05, 3.63) is 62.6 Å². The van der Waals surface area contributed by atoms with E-state index in [0.717, 1.165) is 11.1 Å². The lowest BCUT2D eigenvalue weighted by Gasteiger charge is -2.16. The van der Waals surface area contributed by atoms with Crippen LogP contribution in [0.15, 0.2) is 30.3 Å². The summed E-state index contributed by atoms with van der Waals surface area (Å²) in [5, 5.41) is 1.19. The molecule has 2 rings (SSSR count). The lowest BCUT2D eigenvalue weighted by atomic mass is 10.0. The fourth-order valence-corrected chi connectivity index (χ4v) is 3.30. The Morgan fingerprint density at radius 3 is 2.30 bits per heavy atom. The fraction of sp³-hybridized carbons (Fsp3) is 0.250. The highest BCUT2D eigenvalue weighted by Crippen LogP contribution is 2.40. The van der Waals surface area contributed by atoms with Gasteiger partial charge >= 0.3 is 0 Å². The summed E-state index contributed by atoms with van der Waals surface area (Å²) in [4.78, 5) is -0.00212. The molecule has 0 amide bonds. The highest BCUT2D eigenvalue weighted by molar-refractivity contribution is 9.09. The standard InChI is InChI=1S/C16H15BrCl2O/c1-9-4-5-11(6-10(9)2)16(17)12-7-14(19)15(20-3)8-13(12)18/h4-8,16H,1-3H3. The van der Waals surface area contributed by atoms with Crippen molar-refractivity contribution < 1.29 is 4.74 Å². The summed E-state index contributed by atoms with van der Waals surface area (Å²) in [6.45, 7) is 4.20. The Hall–Kier alpha value is -0.700. The minimum atomic E-state index is -0.00212. The molecule has 0 spiro atoms. The minimum Gasteiger partial charge on any atom is -0.495 e. The number of aryl methyl sites for hydroxylation is 2. The van der Waals surface area contributed by atoms with Gasteiger partial charge in [0.1, 0.15) is 5.75 Å². The van der Waals surface area contributed by atoms with Crippen LogP contribution in [-0.2, 0) is 0 Å². The van der Waals surface area contributed by atoms with E-state index in [0.29, 0.717) is 15.8 Å². The lowest BCUT2D eigenvalue weighted by molar-refractivity contribution is 0.415. The Kier molecular flexibility index (Phi) is 5.00. The zero-order valence-corrected chi connectivity index (χ0v) is 14.6. The summed E-state index contributed by atoms with van der Waals surface area (Å²) >= 11 is 16.2. The van der Waals surface area contributed by atoms with E-state index in [-0.39, 0.29) is 4.83 Å². The van der Waals surface area contributed by atoms with Crippen molar-refractivity contribution in [1.29, 1.82) is 0 Å². The van der Waals surface area contributed by atoms with Crippen molar-refractivity contribution in [2.45, 2.75) is 18.7 Å². The normalized spacial score (nSPS) is 12.3. The smallest absolute Gasteiger partial charge is 0.138 e. The van der Waals surface area contributed by atoms with E-state index in [9.17, 15) is 0 Å². The van der Waals surface area contributed by atoms with E-state index in [1.54, 1.807) is 13.2 Å². The Labute approximate surface area is 138 Å². The average molecular weight is 374 g/mol. The van der Waals surface area contributed by atoms with E-state index < -0.39 is 0 Å². The molecule has 0 saturated heterocycles. The predicted octanol–water partition coefficient (Wildman–Crippen LogP) is 6.10. The molecule has 0 aliphatic carbocycles. The van der Waals surface area contributed by atoms with Gasteiger partial charge in [-0.05, 0) is 42.2 Å². The second kappa shape index (κ2) is 6.38. The molecule has 0 bridgehead atoms. The molecule has 2 aromatic rings. The summed E-state index contributed by atoms with van der Waals surface area (Å²) in [5.74, 6) is 0.584. The van der Waals surface area contributed by atoms with Crippen molar-refractivity contribution in [3.63, 3.8) is 0 Å². The molecule has 1 atom stereocenters. The molecule has 106 valence electrons. The van der Waals surface area contributed by atoms with Crippen molar-refractivity contribution in [3.8, 4) is 5.75 Å². The number of rotatable bonds is 3. The topological polar surface area (TPSA) is 9.23 Å². The maximum absolute atomic E-state index is 6.33. The zero-order valence-electron chi connectivity index (χ0n) is 11.5. The molecule has 0 heterocycles. The Morgan fingerprint density at radius 1 is 1.00 bits per heavy atom. The quantitative estimate of drug-likeness (QED) is 0.590. The Balaban J connectivity index is 2.45. The van der Waals surface area contributed by atoms with Crippen LogP contribution in [0, 0.1) is 13.8 Å². The van der Waals surface area contributed by atoms with Crippen molar-refractivity contribution in [2.24, 2.45) is 0 Å². The molecule has 1 unspecified atom stereocenters. The summed E-state index contributed by atoms with van der Waals surface area (Å²) in [5.41, 5.74) is 4.60. The maximum Gasteiger partial charge on any atom is 0.138 e. The van der Waals surface area contributed by atoms with Crippen molar-refractivity contribution in [1.82, 2.24) is 0 Å². The Morgan fingerprint density at radius 2 is 1.70 bits per heavy atom. The van der Waals surface area contributed by atoms with Crippen LogP contribution in [0.5, 0.6) is 5.75 Å². The molecule has 0 aliphatic heterocycles. The number of ether oxygens (including phenoxy) is 1. The molecule has 1 nitrogen and oxygen atoms in total. The van der Waals surface area contributed by atoms with Gasteiger partial charge in [0.25, 0.3) is 0 Å². The molecule has 0 fully saturated rings. The van der Waals surface area contributed by atoms with Gasteiger partial charge in [0.05, 0.1) is 17.0 Å². The van der Waals surface area contributed by atoms with Crippen LogP contribution in [0.25, 0.3) is 0 Å². The molecule has 20 heavy (non-hydrogen) atoms. The second-order valence-corrected chi connectivity index (χ2v) is 6.44. The van der Waals surface area contributed by atoms with Crippen LogP contribution >= 0.6 is 39.1 Å². The van der Waals surface area contributed by atoms with Gasteiger partial charge < -0.3 is 4.74 Å². The van der Waals surface area contributed by atoms with E-state index in [1.165, 1.54) is 11.1 Å². The largest absolute Gasteiger partial charge is 0.495 e. The first-order valence-electron chi connectivity index (χ1n) is 6.18. The number of hydrogen-bond acceptors (Lipinski definition) is 1. The monoisotopic (exact) mass is 372 g/mol. The minimum absolute atomic E-state index is 0.00212. The van der Waals surface area contributed by atoms with E-state index in [4.69, 9.17) is 27.9 Å². The third-order valence-electron chi connectivity index (χ3n) is 3.37. The highest BCUT2D eigenvalue weighted by Gasteiger charge is 2.17. The number of alkyl halides is 1. The van der Waals surface area contributed by atoms with Gasteiger partial charge in [0, 0.05) is 11.1 Å². The van der Waals surface area contributed by atoms with E-state index in [1.807, 2.05) is 6.07 Å². The molecule has 0 saturated carbocycles. The number of halogens is 3. The first kappa shape index (κ1) is 15.7. The van der Waals surface area contributed by atoms with Crippen molar-refractivity contribution in [2.75, 3.05) is 7.11 Å². The third-order valence-corrected chi connectivity index (χ3v) is 5.01. The summed E-state index contributed by atoms with van der Waals surface area (Å²) in [7, 11) is 1.58. The number of benzene rings is 2. The molecular formula is C16H15BrCl2O. The molecule has 0 aliphatic rings. The number of hydrogen-bond donors (Lipinski definition) is 0. The van der Waals surface area contributed by atoms with Gasteiger partial charge in [-0.1, -0.05) is 57.3 Å². The predicted molar refractivity (Wildman–Crippen MR) is 89.7 cm³/mol. The van der Waals surface area contributed by atoms with Crippen LogP contribution < -0.4 is 4.74 Å². The van der Waals surface area contributed by atoms with Crippen molar-refractivity contribution >= 4 is 39.1 Å². The zero-order chi connectivity index (χ0) is 14.9. The molecular weight excluding hydrogens is 359 g/mol. The first-order chi connectivity index (χ1) is 9.43. The van der Waals surface area contributed by atoms with Gasteiger partial charge in [-0.2, -0.15) is 0 Å². The van der Waals surface area contributed by atoms with Gasteiger partial charge in [-0.15, -0.1) is 0 Å². The Bertz CT molecular complexity index is 641. The van der Waals surface area contributed by atoms with Crippen LogP contribution in [0.2, 0.25) is 10.0 Å². The molecule has 0 aromatic heterocycles. The fourth-order valence-electron chi connectivity index (χ4n) is 2.00. The summed E-state index contributed by atoms with van der Waals surface area (Å²) in [6.07, 6.45) is 0. The van der Waals surface area contributed by atoms with Gasteiger partial charge in [0.15, 0.2) is 0 Å². The maximum atomic E-state index is 6.33. The molecule has 0 N–H and O–H groups in total. The van der Waals surface area contributed by atoms with Crippen LogP contribution in [-0.4, -0.2) is 7.11 Å². The third kappa shape index (κ3) is 3.13. The van der Waals surface area contributed by atoms with Crippen LogP contribution in [0.3, 0.4) is 0 Å². The van der Waals surface area contributed by atoms with Crippen LogP contribution in [0.4, 0.5) is 0 Å². The number of methoxy groups -OCH3 is 1. The second-order valence-electron chi connectivity index (χ2n) is 4.71. The van der Waals surface area contributed by atoms with Gasteiger partial charge in [-0.3, -0.25) is 0 Å². The molecule has 4 heteroatoms.